The minimum Gasteiger partial charge on any atom is -0.373 e. The molecule has 0 bridgehead atoms. The molecule has 0 aromatic heterocycles. The van der Waals surface area contributed by atoms with E-state index in [-0.39, 0.29) is 18.9 Å². The zero-order chi connectivity index (χ0) is 5.41. The van der Waals surface area contributed by atoms with Crippen molar-refractivity contribution in [3.8, 4) is 0 Å². The van der Waals surface area contributed by atoms with E-state index >= 15 is 0 Å². The molecule has 36 valence electrons. The Morgan fingerprint density at radius 1 is 1.29 bits per heavy atom. The summed E-state index contributed by atoms with van der Waals surface area (Å²) in [6.07, 6.45) is 0. The molecule has 7 heavy (non-hydrogen) atoms. The Balaban J connectivity index is -0.0000000400. The van der Waals surface area contributed by atoms with Crippen molar-refractivity contribution in [3.05, 3.63) is 16.0 Å². The van der Waals surface area contributed by atoms with Crippen LogP contribution in [0.1, 0.15) is 0 Å². The van der Waals surface area contributed by atoms with Gasteiger partial charge in [0, 0.05) is 0 Å². The summed E-state index contributed by atoms with van der Waals surface area (Å²) in [7, 11) is 0.750. The first-order valence-electron chi connectivity index (χ1n) is 1.55. The molecule has 0 saturated carbocycles. The van der Waals surface area contributed by atoms with Gasteiger partial charge in [-0.2, -0.15) is 13.1 Å². The van der Waals surface area contributed by atoms with E-state index < -0.39 is 0 Å². The molecular weight excluding hydrogens is 101 g/mol. The van der Waals surface area contributed by atoms with Crippen molar-refractivity contribution in [2.24, 2.45) is 0 Å². The van der Waals surface area contributed by atoms with Gasteiger partial charge in [0.25, 0.3) is 0 Å². The first-order chi connectivity index (χ1) is 2.83. The normalized spacial score (nSPS) is 3.71. The maximum atomic E-state index is 6.75. The maximum Gasteiger partial charge on any atom is 1.00 e. The zero-order valence-electron chi connectivity index (χ0n) is 4.92. The van der Waals surface area contributed by atoms with Crippen LogP contribution in [0.2, 0.25) is 13.1 Å². The molecule has 0 amide bonds. The van der Waals surface area contributed by atoms with Gasteiger partial charge < -0.3 is 11.1 Å². The second kappa shape index (κ2) is 35.6. The van der Waals surface area contributed by atoms with Crippen molar-refractivity contribution in [2.75, 3.05) is 0 Å². The van der Waals surface area contributed by atoms with E-state index in [0.717, 1.165) is 9.52 Å². The molecule has 0 aliphatic carbocycles. The molecule has 0 N–H and O–H groups in total. The van der Waals surface area contributed by atoms with Crippen molar-refractivity contribution >= 4 is 9.52 Å². The molecule has 0 heterocycles. The topological polar surface area (TPSA) is 58.7 Å². The van der Waals surface area contributed by atoms with Gasteiger partial charge in [0.15, 0.2) is 0 Å². The molecule has 0 atom stereocenters. The van der Waals surface area contributed by atoms with E-state index in [4.69, 9.17) is 11.1 Å². The first-order valence-corrected chi connectivity index (χ1v) is 3.86. The van der Waals surface area contributed by atoms with Crippen LogP contribution in [0.3, 0.4) is 0 Å². The van der Waals surface area contributed by atoms with Gasteiger partial charge in [0.1, 0.15) is 0 Å². The Labute approximate surface area is 57.9 Å². The van der Waals surface area contributed by atoms with Crippen LogP contribution in [0.4, 0.5) is 0 Å². The summed E-state index contributed by atoms with van der Waals surface area (Å²) in [4.78, 5) is 1.50. The number of hydrogen-bond donors (Lipinski definition) is 0. The molecular formula is C2H7LiN3Si-. The van der Waals surface area contributed by atoms with Crippen LogP contribution < -0.4 is 18.9 Å². The Bertz CT molecular complexity index is 42.2. The summed E-state index contributed by atoms with van der Waals surface area (Å²) in [6.45, 7) is 4.42. The van der Waals surface area contributed by atoms with E-state index in [1.165, 1.54) is 4.91 Å². The van der Waals surface area contributed by atoms with Crippen LogP contribution >= 0.6 is 0 Å². The quantitative estimate of drug-likeness (QED) is 0.155. The SMILES string of the molecule is C[SiH-]C.[Li+].[N-]=[N+]=[N-]. The van der Waals surface area contributed by atoms with Gasteiger partial charge in [-0.3, -0.25) is 14.4 Å². The van der Waals surface area contributed by atoms with Crippen LogP contribution in [-0.4, -0.2) is 9.52 Å². The summed E-state index contributed by atoms with van der Waals surface area (Å²) in [5.41, 5.74) is 13.5. The van der Waals surface area contributed by atoms with E-state index in [1.54, 1.807) is 0 Å². The van der Waals surface area contributed by atoms with Crippen molar-refractivity contribution in [1.29, 1.82) is 0 Å². The second-order valence-corrected chi connectivity index (χ2v) is 1.82. The van der Waals surface area contributed by atoms with Crippen LogP contribution in [0.5, 0.6) is 0 Å². The molecule has 0 aliphatic heterocycles. The first kappa shape index (κ1) is 15.7. The van der Waals surface area contributed by atoms with Crippen LogP contribution in [0.25, 0.3) is 16.0 Å². The van der Waals surface area contributed by atoms with Gasteiger partial charge in [0.05, 0.1) is 0 Å². The van der Waals surface area contributed by atoms with Crippen molar-refractivity contribution in [3.63, 3.8) is 0 Å². The summed E-state index contributed by atoms with van der Waals surface area (Å²) >= 11 is 0. The molecule has 0 unspecified atom stereocenters. The molecule has 0 aromatic rings. The predicted octanol–water partition coefficient (Wildman–Crippen LogP) is -1.61. The monoisotopic (exact) mass is 108 g/mol. The molecule has 5 heteroatoms. The van der Waals surface area contributed by atoms with Gasteiger partial charge in [-0.1, -0.05) is 0 Å². The minimum absolute atomic E-state index is 0. The molecule has 0 radical (unpaired) electrons. The predicted molar refractivity (Wildman–Crippen MR) is 29.0 cm³/mol. The fourth-order valence-electron chi connectivity index (χ4n) is 0. The Hall–Kier alpha value is 0.124. The average Bonchev–Trinajstić information content (AvgIpc) is 1.39. The van der Waals surface area contributed by atoms with Gasteiger partial charge in [-0.05, 0) is 0 Å². The van der Waals surface area contributed by atoms with Crippen LogP contribution in [0.15, 0.2) is 0 Å². The van der Waals surface area contributed by atoms with Crippen molar-refractivity contribution < 1.29 is 18.9 Å². The summed E-state index contributed by atoms with van der Waals surface area (Å²) in [5, 5.41) is 0. The number of rotatable bonds is 0. The Morgan fingerprint density at radius 2 is 1.29 bits per heavy atom. The summed E-state index contributed by atoms with van der Waals surface area (Å²) in [5.74, 6) is 0. The number of nitrogens with zero attached hydrogens (tertiary/aromatic N) is 3. The molecule has 0 spiro atoms. The van der Waals surface area contributed by atoms with Gasteiger partial charge in [-0.15, -0.1) is 0 Å². The van der Waals surface area contributed by atoms with Crippen LogP contribution in [0, 0.1) is 0 Å². The van der Waals surface area contributed by atoms with Crippen LogP contribution in [-0.2, 0) is 0 Å². The van der Waals surface area contributed by atoms with Crippen molar-refractivity contribution in [2.45, 2.75) is 13.1 Å². The van der Waals surface area contributed by atoms with Gasteiger partial charge in [-0.25, -0.2) is 0 Å². The smallest absolute Gasteiger partial charge is 0.373 e. The Morgan fingerprint density at radius 3 is 1.29 bits per heavy atom. The third-order valence-corrected chi connectivity index (χ3v) is 0. The molecule has 0 rings (SSSR count). The number of hydrogen-bond acceptors (Lipinski definition) is 0. The molecule has 3 nitrogen and oxygen atoms in total. The van der Waals surface area contributed by atoms with Crippen molar-refractivity contribution in [1.82, 2.24) is 0 Å². The third-order valence-electron chi connectivity index (χ3n) is 0. The minimum atomic E-state index is 0. The standard InChI is InChI=1S/C2H7Si.Li.N3/c1-3-2;;1-3-2/h3H,1-2H3;;/q-1;+1;-1. The van der Waals surface area contributed by atoms with E-state index in [1.807, 2.05) is 0 Å². The molecule has 0 aromatic carbocycles. The summed E-state index contributed by atoms with van der Waals surface area (Å²) < 4.78 is 0. The maximum absolute atomic E-state index is 6.75. The zero-order valence-corrected chi connectivity index (χ0v) is 6.07. The van der Waals surface area contributed by atoms with Gasteiger partial charge >= 0.3 is 18.9 Å². The molecule has 0 saturated heterocycles. The van der Waals surface area contributed by atoms with E-state index in [9.17, 15) is 0 Å². The fraction of sp³-hybridized carbons (Fsp3) is 1.00. The largest absolute Gasteiger partial charge is 1.00 e. The molecule has 0 fully saturated rings. The molecule has 0 aliphatic rings. The van der Waals surface area contributed by atoms with E-state index in [2.05, 4.69) is 13.1 Å². The Kier molecular flexibility index (Phi) is 80.0. The fourth-order valence-corrected chi connectivity index (χ4v) is 0. The third kappa shape index (κ3) is 6740. The average molecular weight is 108 g/mol. The van der Waals surface area contributed by atoms with E-state index in [0.29, 0.717) is 0 Å². The second-order valence-electron chi connectivity index (χ2n) is 0.667. The summed E-state index contributed by atoms with van der Waals surface area (Å²) in [6, 6.07) is 0. The van der Waals surface area contributed by atoms with Gasteiger partial charge in [0.2, 0.25) is 0 Å².